The minimum atomic E-state index is -0.0415. The predicted molar refractivity (Wildman–Crippen MR) is 70.5 cm³/mol. The SMILES string of the molecule is NC1(c2cc(Br)c3c(c2)CCC3)CCCC1. The van der Waals surface area contributed by atoms with Crippen LogP contribution in [0.3, 0.4) is 0 Å². The smallest absolute Gasteiger partial charge is 0.0410 e. The third kappa shape index (κ3) is 1.63. The average Bonchev–Trinajstić information content (AvgIpc) is 2.86. The van der Waals surface area contributed by atoms with Gasteiger partial charge >= 0.3 is 0 Å². The van der Waals surface area contributed by atoms with Crippen molar-refractivity contribution in [3.8, 4) is 0 Å². The number of nitrogens with two attached hydrogens (primary N) is 1. The van der Waals surface area contributed by atoms with E-state index in [0.717, 1.165) is 12.8 Å². The maximum Gasteiger partial charge on any atom is 0.0410 e. The van der Waals surface area contributed by atoms with Gasteiger partial charge in [0.05, 0.1) is 0 Å². The quantitative estimate of drug-likeness (QED) is 0.834. The van der Waals surface area contributed by atoms with E-state index in [9.17, 15) is 0 Å². The van der Waals surface area contributed by atoms with Crippen molar-refractivity contribution in [1.82, 2.24) is 0 Å². The second kappa shape index (κ2) is 3.85. The van der Waals surface area contributed by atoms with Crippen LogP contribution in [0.4, 0.5) is 0 Å². The number of benzene rings is 1. The van der Waals surface area contributed by atoms with E-state index in [1.54, 1.807) is 0 Å². The first kappa shape index (κ1) is 10.8. The lowest BCUT2D eigenvalue weighted by atomic mass is 9.87. The number of hydrogen-bond acceptors (Lipinski definition) is 1. The molecular formula is C14H18BrN. The number of halogens is 1. The summed E-state index contributed by atoms with van der Waals surface area (Å²) >= 11 is 3.71. The van der Waals surface area contributed by atoms with Gasteiger partial charge in [0.15, 0.2) is 0 Å². The Balaban J connectivity index is 2.05. The molecule has 1 nitrogen and oxygen atoms in total. The van der Waals surface area contributed by atoms with Crippen molar-refractivity contribution in [3.63, 3.8) is 0 Å². The van der Waals surface area contributed by atoms with Gasteiger partial charge in [-0.15, -0.1) is 0 Å². The Morgan fingerprint density at radius 1 is 1.06 bits per heavy atom. The third-order valence-electron chi connectivity index (χ3n) is 4.23. The summed E-state index contributed by atoms with van der Waals surface area (Å²) in [6, 6.07) is 4.65. The Hall–Kier alpha value is -0.340. The van der Waals surface area contributed by atoms with Gasteiger partial charge in [-0.2, -0.15) is 0 Å². The highest BCUT2D eigenvalue weighted by Crippen LogP contribution is 2.40. The first-order chi connectivity index (χ1) is 7.69. The summed E-state index contributed by atoms with van der Waals surface area (Å²) in [4.78, 5) is 0. The average molecular weight is 280 g/mol. The van der Waals surface area contributed by atoms with Crippen LogP contribution >= 0.6 is 15.9 Å². The van der Waals surface area contributed by atoms with Gasteiger partial charge in [0, 0.05) is 10.0 Å². The summed E-state index contributed by atoms with van der Waals surface area (Å²) < 4.78 is 1.29. The zero-order chi connectivity index (χ0) is 11.2. The Labute approximate surface area is 106 Å². The fourth-order valence-electron chi connectivity index (χ4n) is 3.23. The molecule has 3 rings (SSSR count). The molecule has 0 amide bonds. The minimum Gasteiger partial charge on any atom is -0.321 e. The molecule has 86 valence electrons. The first-order valence-corrected chi connectivity index (χ1v) is 7.09. The van der Waals surface area contributed by atoms with Crippen LogP contribution in [0.5, 0.6) is 0 Å². The molecule has 0 heterocycles. The predicted octanol–water partition coefficient (Wildman–Crippen LogP) is 3.67. The Morgan fingerprint density at radius 3 is 2.56 bits per heavy atom. The molecular weight excluding hydrogens is 262 g/mol. The molecule has 2 aliphatic carbocycles. The van der Waals surface area contributed by atoms with Gasteiger partial charge in [-0.25, -0.2) is 0 Å². The van der Waals surface area contributed by atoms with Gasteiger partial charge in [-0.3, -0.25) is 0 Å². The topological polar surface area (TPSA) is 26.0 Å². The van der Waals surface area contributed by atoms with Gasteiger partial charge < -0.3 is 5.73 Å². The fourth-order valence-corrected chi connectivity index (χ4v) is 3.93. The van der Waals surface area contributed by atoms with E-state index < -0.39 is 0 Å². The lowest BCUT2D eigenvalue weighted by molar-refractivity contribution is 0.461. The van der Waals surface area contributed by atoms with Gasteiger partial charge in [-0.1, -0.05) is 34.8 Å². The van der Waals surface area contributed by atoms with Crippen LogP contribution in [0.2, 0.25) is 0 Å². The summed E-state index contributed by atoms with van der Waals surface area (Å²) in [6.45, 7) is 0. The van der Waals surface area contributed by atoms with E-state index in [-0.39, 0.29) is 5.54 Å². The molecule has 0 saturated heterocycles. The lowest BCUT2D eigenvalue weighted by Gasteiger charge is -2.25. The van der Waals surface area contributed by atoms with Gasteiger partial charge in [-0.05, 0) is 54.9 Å². The second-order valence-electron chi connectivity index (χ2n) is 5.31. The van der Waals surface area contributed by atoms with Gasteiger partial charge in [0.25, 0.3) is 0 Å². The van der Waals surface area contributed by atoms with E-state index in [2.05, 4.69) is 28.1 Å². The molecule has 0 aromatic heterocycles. The molecule has 16 heavy (non-hydrogen) atoms. The molecule has 0 spiro atoms. The van der Waals surface area contributed by atoms with E-state index in [1.807, 2.05) is 0 Å². The molecule has 1 fully saturated rings. The van der Waals surface area contributed by atoms with Gasteiger partial charge in [0.1, 0.15) is 0 Å². The fraction of sp³-hybridized carbons (Fsp3) is 0.571. The van der Waals surface area contributed by atoms with Crippen LogP contribution in [-0.4, -0.2) is 0 Å². The van der Waals surface area contributed by atoms with Gasteiger partial charge in [0.2, 0.25) is 0 Å². The molecule has 1 saturated carbocycles. The normalized spacial score (nSPS) is 22.4. The van der Waals surface area contributed by atoms with Crippen LogP contribution in [0.1, 0.15) is 48.8 Å². The molecule has 1 aromatic carbocycles. The molecule has 0 radical (unpaired) electrons. The van der Waals surface area contributed by atoms with Crippen molar-refractivity contribution in [3.05, 3.63) is 33.3 Å². The highest BCUT2D eigenvalue weighted by atomic mass is 79.9. The maximum absolute atomic E-state index is 6.52. The van der Waals surface area contributed by atoms with Crippen molar-refractivity contribution >= 4 is 15.9 Å². The molecule has 0 bridgehead atoms. The molecule has 2 aliphatic rings. The summed E-state index contributed by atoms with van der Waals surface area (Å²) in [5.74, 6) is 0. The van der Waals surface area contributed by atoms with Crippen molar-refractivity contribution in [2.45, 2.75) is 50.5 Å². The highest BCUT2D eigenvalue weighted by molar-refractivity contribution is 9.10. The number of aryl methyl sites for hydroxylation is 1. The third-order valence-corrected chi connectivity index (χ3v) is 4.94. The molecule has 2 heteroatoms. The maximum atomic E-state index is 6.52. The van der Waals surface area contributed by atoms with E-state index in [4.69, 9.17) is 5.73 Å². The molecule has 2 N–H and O–H groups in total. The zero-order valence-electron chi connectivity index (χ0n) is 9.56. The van der Waals surface area contributed by atoms with E-state index in [0.29, 0.717) is 0 Å². The molecule has 0 atom stereocenters. The van der Waals surface area contributed by atoms with E-state index in [1.165, 1.54) is 53.3 Å². The van der Waals surface area contributed by atoms with Crippen LogP contribution in [0.15, 0.2) is 16.6 Å². The Morgan fingerprint density at radius 2 is 1.81 bits per heavy atom. The Kier molecular flexibility index (Phi) is 2.60. The largest absolute Gasteiger partial charge is 0.321 e. The molecule has 0 unspecified atom stereocenters. The number of fused-ring (bicyclic) bond motifs is 1. The van der Waals surface area contributed by atoms with Crippen molar-refractivity contribution in [2.24, 2.45) is 5.73 Å². The summed E-state index contributed by atoms with van der Waals surface area (Å²) in [5, 5.41) is 0. The van der Waals surface area contributed by atoms with Crippen LogP contribution in [0.25, 0.3) is 0 Å². The van der Waals surface area contributed by atoms with Crippen LogP contribution < -0.4 is 5.73 Å². The summed E-state index contributed by atoms with van der Waals surface area (Å²) in [5.41, 5.74) is 10.9. The second-order valence-corrected chi connectivity index (χ2v) is 6.17. The minimum absolute atomic E-state index is 0.0415. The molecule has 0 aliphatic heterocycles. The van der Waals surface area contributed by atoms with E-state index >= 15 is 0 Å². The number of rotatable bonds is 1. The molecule has 1 aromatic rings. The summed E-state index contributed by atoms with van der Waals surface area (Å²) in [6.07, 6.45) is 8.63. The van der Waals surface area contributed by atoms with Crippen molar-refractivity contribution in [2.75, 3.05) is 0 Å². The van der Waals surface area contributed by atoms with Crippen LogP contribution in [-0.2, 0) is 18.4 Å². The van der Waals surface area contributed by atoms with Crippen LogP contribution in [0, 0.1) is 0 Å². The zero-order valence-corrected chi connectivity index (χ0v) is 11.1. The highest BCUT2D eigenvalue weighted by Gasteiger charge is 2.32. The lowest BCUT2D eigenvalue weighted by Crippen LogP contribution is -2.33. The Bertz CT molecular complexity index is 419. The van der Waals surface area contributed by atoms with Crippen molar-refractivity contribution in [1.29, 1.82) is 0 Å². The van der Waals surface area contributed by atoms with Crippen molar-refractivity contribution < 1.29 is 0 Å². The summed E-state index contributed by atoms with van der Waals surface area (Å²) in [7, 11) is 0. The first-order valence-electron chi connectivity index (χ1n) is 6.30. The standard InChI is InChI=1S/C14H18BrN/c15-13-9-11(14(16)6-1-2-7-14)8-10-4-3-5-12(10)13/h8-9H,1-7,16H2. The number of hydrogen-bond donors (Lipinski definition) is 1. The monoisotopic (exact) mass is 279 g/mol.